The van der Waals surface area contributed by atoms with Gasteiger partial charge >= 0.3 is 13.8 Å². The van der Waals surface area contributed by atoms with E-state index in [-0.39, 0.29) is 32.1 Å². The molecule has 9 nitrogen and oxygen atoms in total. The average Bonchev–Trinajstić information content (AvgIpc) is 3.21. The number of carbonyl (C=O) groups excluding carboxylic acids is 2. The van der Waals surface area contributed by atoms with Gasteiger partial charge < -0.3 is 20.1 Å². The van der Waals surface area contributed by atoms with Crippen LogP contribution in [0.25, 0.3) is 0 Å². The standard InChI is InChI=1S/C48H86NO8P/c1-3-5-7-9-11-13-15-17-19-20-21-22-23-24-25-26-27-29-31-33-35-37-39-41-48(52)55-44-46(50)45-57-58(53,54)56-43-42-49-47(51)40-38-36-34-32-30-28-18-16-14-12-10-8-6-4-2/h11,13,16-19,21-22,24-25,46,50H,3-10,12,14-15,20,23,26-45H2,1-2H3,(H,49,51)(H,53,54)/b13-11-,18-16-,19-17-,22-21-,25-24-. The molecular weight excluding hydrogens is 750 g/mol. The number of allylic oxidation sites excluding steroid dienone is 10. The molecule has 0 aliphatic carbocycles. The van der Waals surface area contributed by atoms with Crippen molar-refractivity contribution in [2.75, 3.05) is 26.4 Å². The van der Waals surface area contributed by atoms with Crippen molar-refractivity contribution < 1.29 is 37.9 Å². The van der Waals surface area contributed by atoms with Gasteiger partial charge in [-0.25, -0.2) is 4.57 Å². The minimum Gasteiger partial charge on any atom is -0.463 e. The van der Waals surface area contributed by atoms with Crippen molar-refractivity contribution in [1.29, 1.82) is 0 Å². The molecule has 10 heteroatoms. The topological polar surface area (TPSA) is 131 Å². The minimum absolute atomic E-state index is 0.0740. The maximum Gasteiger partial charge on any atom is 0.472 e. The molecule has 0 aliphatic heterocycles. The fourth-order valence-electron chi connectivity index (χ4n) is 6.12. The lowest BCUT2D eigenvalue weighted by Crippen LogP contribution is -2.27. The smallest absolute Gasteiger partial charge is 0.463 e. The molecule has 1 amide bonds. The molecule has 0 aromatic carbocycles. The lowest BCUT2D eigenvalue weighted by molar-refractivity contribution is -0.147. The molecule has 0 spiro atoms. The van der Waals surface area contributed by atoms with Gasteiger partial charge in [0, 0.05) is 19.4 Å². The van der Waals surface area contributed by atoms with E-state index in [9.17, 15) is 24.2 Å². The van der Waals surface area contributed by atoms with Crippen LogP contribution in [0, 0.1) is 0 Å². The Morgan fingerprint density at radius 3 is 1.45 bits per heavy atom. The molecule has 58 heavy (non-hydrogen) atoms. The van der Waals surface area contributed by atoms with Crippen LogP contribution in [-0.4, -0.2) is 54.3 Å². The Morgan fingerprint density at radius 2 is 0.931 bits per heavy atom. The number of hydrogen-bond acceptors (Lipinski definition) is 7. The number of amides is 1. The molecule has 2 atom stereocenters. The second kappa shape index (κ2) is 44.3. The van der Waals surface area contributed by atoms with Gasteiger partial charge in [-0.15, -0.1) is 0 Å². The quantitative estimate of drug-likeness (QED) is 0.0239. The van der Waals surface area contributed by atoms with Crippen LogP contribution < -0.4 is 5.32 Å². The predicted molar refractivity (Wildman–Crippen MR) is 243 cm³/mol. The second-order valence-corrected chi connectivity index (χ2v) is 16.8. The first-order valence-electron chi connectivity index (χ1n) is 23.3. The van der Waals surface area contributed by atoms with E-state index >= 15 is 0 Å². The van der Waals surface area contributed by atoms with Gasteiger partial charge in [-0.05, 0) is 83.5 Å². The summed E-state index contributed by atoms with van der Waals surface area (Å²) in [6, 6.07) is 0. The molecule has 0 rings (SSSR count). The molecule has 0 radical (unpaired) electrons. The third-order valence-corrected chi connectivity index (χ3v) is 10.7. The first-order valence-corrected chi connectivity index (χ1v) is 24.8. The Morgan fingerprint density at radius 1 is 0.534 bits per heavy atom. The summed E-state index contributed by atoms with van der Waals surface area (Å²) in [5.74, 6) is -0.537. The fourth-order valence-corrected chi connectivity index (χ4v) is 6.88. The van der Waals surface area contributed by atoms with Crippen molar-refractivity contribution in [3.05, 3.63) is 60.8 Å². The average molecular weight is 836 g/mol. The van der Waals surface area contributed by atoms with Crippen LogP contribution >= 0.6 is 7.82 Å². The highest BCUT2D eigenvalue weighted by Crippen LogP contribution is 2.42. The highest BCUT2D eigenvalue weighted by Gasteiger charge is 2.23. The number of phosphoric acid groups is 1. The Hall–Kier alpha value is -2.29. The first kappa shape index (κ1) is 55.7. The van der Waals surface area contributed by atoms with Gasteiger partial charge in [-0.3, -0.25) is 18.6 Å². The lowest BCUT2D eigenvalue weighted by atomic mass is 10.1. The van der Waals surface area contributed by atoms with E-state index in [2.05, 4.69) is 79.9 Å². The van der Waals surface area contributed by atoms with Gasteiger partial charge in [0.15, 0.2) is 0 Å². The number of rotatable bonds is 43. The molecular formula is C48H86NO8P. The Bertz CT molecular complexity index is 1130. The van der Waals surface area contributed by atoms with Crippen molar-refractivity contribution >= 4 is 19.7 Å². The van der Waals surface area contributed by atoms with Crippen LogP contribution in [0.4, 0.5) is 0 Å². The summed E-state index contributed by atoms with van der Waals surface area (Å²) in [5, 5.41) is 12.7. The van der Waals surface area contributed by atoms with Gasteiger partial charge in [0.05, 0.1) is 13.2 Å². The van der Waals surface area contributed by atoms with Crippen molar-refractivity contribution in [1.82, 2.24) is 5.32 Å². The van der Waals surface area contributed by atoms with Crippen LogP contribution in [0.15, 0.2) is 60.8 Å². The molecule has 2 unspecified atom stereocenters. The van der Waals surface area contributed by atoms with E-state index in [1.807, 2.05) is 0 Å². The SMILES string of the molecule is CCCCC/C=C\C/C=C\C/C=C\C/C=C\CCCCCCCCCC(=O)OCC(O)COP(=O)(O)OCCNC(=O)CCCCCCC/C=C\CCCCCCC. The molecule has 0 aromatic heterocycles. The first-order chi connectivity index (χ1) is 28.3. The number of phosphoric ester groups is 1. The van der Waals surface area contributed by atoms with Crippen LogP contribution in [0.1, 0.15) is 200 Å². The van der Waals surface area contributed by atoms with Crippen molar-refractivity contribution in [3.63, 3.8) is 0 Å². The number of aliphatic hydroxyl groups excluding tert-OH is 1. The molecule has 0 saturated heterocycles. The largest absolute Gasteiger partial charge is 0.472 e. The highest BCUT2D eigenvalue weighted by molar-refractivity contribution is 7.47. The molecule has 3 N–H and O–H groups in total. The number of carbonyl (C=O) groups is 2. The molecule has 0 bridgehead atoms. The zero-order chi connectivity index (χ0) is 42.5. The molecule has 0 aromatic rings. The Balaban J connectivity index is 3.63. The fraction of sp³-hybridized carbons (Fsp3) is 0.750. The zero-order valence-electron chi connectivity index (χ0n) is 37.0. The normalized spacial score (nSPS) is 13.8. The minimum atomic E-state index is -4.42. The van der Waals surface area contributed by atoms with E-state index in [1.165, 1.54) is 89.9 Å². The summed E-state index contributed by atoms with van der Waals surface area (Å²) >= 11 is 0. The highest BCUT2D eigenvalue weighted by atomic mass is 31.2. The summed E-state index contributed by atoms with van der Waals surface area (Å²) in [7, 11) is -4.42. The summed E-state index contributed by atoms with van der Waals surface area (Å²) in [6.07, 6.45) is 52.9. The van der Waals surface area contributed by atoms with Crippen LogP contribution in [-0.2, 0) is 27.9 Å². The van der Waals surface area contributed by atoms with Gasteiger partial charge in [-0.2, -0.15) is 0 Å². The second-order valence-electron chi connectivity index (χ2n) is 15.4. The maximum atomic E-state index is 12.1. The van der Waals surface area contributed by atoms with Crippen molar-refractivity contribution in [2.24, 2.45) is 0 Å². The van der Waals surface area contributed by atoms with Crippen LogP contribution in [0.5, 0.6) is 0 Å². The molecule has 336 valence electrons. The van der Waals surface area contributed by atoms with E-state index in [0.717, 1.165) is 83.5 Å². The summed E-state index contributed by atoms with van der Waals surface area (Å²) in [6.45, 7) is 3.49. The summed E-state index contributed by atoms with van der Waals surface area (Å²) < 4.78 is 26.9. The number of aliphatic hydroxyl groups is 1. The van der Waals surface area contributed by atoms with Gasteiger partial charge in [-0.1, -0.05) is 164 Å². The maximum absolute atomic E-state index is 12.1. The number of nitrogens with one attached hydrogen (secondary N) is 1. The predicted octanol–water partition coefficient (Wildman–Crippen LogP) is 13.3. The van der Waals surface area contributed by atoms with E-state index in [0.29, 0.717) is 6.42 Å². The molecule has 0 heterocycles. The number of ether oxygens (including phenoxy) is 1. The monoisotopic (exact) mass is 836 g/mol. The summed E-state index contributed by atoms with van der Waals surface area (Å²) in [4.78, 5) is 33.9. The van der Waals surface area contributed by atoms with Gasteiger partial charge in [0.1, 0.15) is 12.7 Å². The zero-order valence-corrected chi connectivity index (χ0v) is 37.9. The molecule has 0 saturated carbocycles. The third-order valence-electron chi connectivity index (χ3n) is 9.67. The lowest BCUT2D eigenvalue weighted by Gasteiger charge is -2.15. The molecule has 0 fully saturated rings. The van der Waals surface area contributed by atoms with E-state index in [4.69, 9.17) is 13.8 Å². The Labute approximate surface area is 355 Å². The van der Waals surface area contributed by atoms with Crippen molar-refractivity contribution in [3.8, 4) is 0 Å². The van der Waals surface area contributed by atoms with Crippen LogP contribution in [0.3, 0.4) is 0 Å². The van der Waals surface area contributed by atoms with Gasteiger partial charge in [0.25, 0.3) is 0 Å². The van der Waals surface area contributed by atoms with E-state index < -0.39 is 26.5 Å². The van der Waals surface area contributed by atoms with Crippen LogP contribution in [0.2, 0.25) is 0 Å². The number of hydrogen-bond donors (Lipinski definition) is 3. The summed E-state index contributed by atoms with van der Waals surface area (Å²) in [5.41, 5.74) is 0. The van der Waals surface area contributed by atoms with E-state index in [1.54, 1.807) is 0 Å². The number of unbranched alkanes of at least 4 members (excludes halogenated alkanes) is 20. The molecule has 0 aliphatic rings. The van der Waals surface area contributed by atoms with Gasteiger partial charge in [0.2, 0.25) is 5.91 Å². The third kappa shape index (κ3) is 44.8. The number of esters is 1. The Kier molecular flexibility index (Phi) is 42.5. The van der Waals surface area contributed by atoms with Crippen molar-refractivity contribution in [2.45, 2.75) is 206 Å².